The molecule has 4 aliphatic rings. The summed E-state index contributed by atoms with van der Waals surface area (Å²) in [5, 5.41) is 0. The largest absolute Gasteiger partial charge is 0.372 e. The lowest BCUT2D eigenvalue weighted by Crippen LogP contribution is -2.44. The van der Waals surface area contributed by atoms with Crippen molar-refractivity contribution in [2.45, 2.75) is 75.4 Å². The van der Waals surface area contributed by atoms with Crippen LogP contribution in [0.3, 0.4) is 0 Å². The van der Waals surface area contributed by atoms with E-state index < -0.39 is 0 Å². The zero-order valence-electron chi connectivity index (χ0n) is 11.5. The summed E-state index contributed by atoms with van der Waals surface area (Å²) in [6.45, 7) is 0. The number of ether oxygens (including phenoxy) is 2. The van der Waals surface area contributed by atoms with Crippen LogP contribution in [0.1, 0.15) is 44.9 Å². The molecule has 1 saturated heterocycles. The average molecular weight is 263 g/mol. The molecule has 7 atom stereocenters. The van der Waals surface area contributed by atoms with E-state index in [1.165, 1.54) is 38.5 Å². The lowest BCUT2D eigenvalue weighted by Gasteiger charge is -2.43. The molecule has 19 heavy (non-hydrogen) atoms. The second-order valence-electron chi connectivity index (χ2n) is 6.89. The summed E-state index contributed by atoms with van der Waals surface area (Å²) in [4.78, 5) is 0. The van der Waals surface area contributed by atoms with Crippen molar-refractivity contribution in [1.29, 1.82) is 0 Å². The molecule has 2 heterocycles. The van der Waals surface area contributed by atoms with Gasteiger partial charge in [-0.25, -0.2) is 0 Å². The normalized spacial score (nSPS) is 52.4. The van der Waals surface area contributed by atoms with Crippen LogP contribution in [0.4, 0.5) is 0 Å². The molecule has 2 saturated carbocycles. The van der Waals surface area contributed by atoms with E-state index in [1.807, 2.05) is 0 Å². The van der Waals surface area contributed by atoms with E-state index in [-0.39, 0.29) is 6.10 Å². The van der Waals surface area contributed by atoms with Crippen molar-refractivity contribution in [3.63, 3.8) is 0 Å². The summed E-state index contributed by atoms with van der Waals surface area (Å²) in [7, 11) is 0. The Balaban J connectivity index is 1.35. The van der Waals surface area contributed by atoms with Gasteiger partial charge in [-0.15, -0.1) is 0 Å². The minimum absolute atomic E-state index is 0.233. The van der Waals surface area contributed by atoms with Gasteiger partial charge in [-0.2, -0.15) is 0 Å². The first kappa shape index (κ1) is 12.4. The van der Waals surface area contributed by atoms with Gasteiger partial charge >= 0.3 is 0 Å². The monoisotopic (exact) mass is 263 g/mol. The van der Waals surface area contributed by atoms with Crippen LogP contribution in [0.2, 0.25) is 0 Å². The molecular weight excluding hydrogens is 238 g/mol. The molecule has 3 nitrogen and oxygen atoms in total. The highest BCUT2D eigenvalue weighted by atomic mass is 16.6. The molecule has 3 fully saturated rings. The summed E-state index contributed by atoms with van der Waals surface area (Å²) in [5.41, 5.74) is 6.28. The van der Waals surface area contributed by atoms with Crippen LogP contribution in [0.5, 0.6) is 0 Å². The molecule has 7 unspecified atom stereocenters. The van der Waals surface area contributed by atoms with Crippen LogP contribution in [-0.4, -0.2) is 30.5 Å². The molecule has 2 N–H and O–H groups in total. The Kier molecular flexibility index (Phi) is 3.17. The first-order valence-corrected chi connectivity index (χ1v) is 8.04. The number of hydrogen-bond donors (Lipinski definition) is 1. The van der Waals surface area contributed by atoms with Crippen molar-refractivity contribution in [1.82, 2.24) is 0 Å². The highest BCUT2D eigenvalue weighted by Crippen LogP contribution is 2.42. The maximum absolute atomic E-state index is 6.35. The Morgan fingerprint density at radius 3 is 2.79 bits per heavy atom. The van der Waals surface area contributed by atoms with Crippen molar-refractivity contribution >= 4 is 0 Å². The van der Waals surface area contributed by atoms with Gasteiger partial charge in [0.25, 0.3) is 0 Å². The second kappa shape index (κ2) is 4.87. The van der Waals surface area contributed by atoms with Gasteiger partial charge in [0, 0.05) is 12.5 Å². The van der Waals surface area contributed by atoms with Gasteiger partial charge in [-0.1, -0.05) is 18.6 Å². The molecular formula is C16H25NO2. The van der Waals surface area contributed by atoms with E-state index >= 15 is 0 Å². The predicted octanol–water partition coefficient (Wildman–Crippen LogP) is 2.40. The average Bonchev–Trinajstić information content (AvgIpc) is 3.01. The SMILES string of the molecule is NC1CCCC2CC(OC3CC4C=CC3O4)CCC12. The third-order valence-corrected chi connectivity index (χ3v) is 5.70. The molecule has 0 aromatic rings. The van der Waals surface area contributed by atoms with Gasteiger partial charge in [0.15, 0.2) is 0 Å². The van der Waals surface area contributed by atoms with E-state index in [1.54, 1.807) is 0 Å². The Hall–Kier alpha value is -0.380. The summed E-state index contributed by atoms with van der Waals surface area (Å²) in [5.74, 6) is 1.59. The predicted molar refractivity (Wildman–Crippen MR) is 73.7 cm³/mol. The van der Waals surface area contributed by atoms with Gasteiger partial charge < -0.3 is 15.2 Å². The quantitative estimate of drug-likeness (QED) is 0.778. The van der Waals surface area contributed by atoms with Crippen molar-refractivity contribution in [3.05, 3.63) is 12.2 Å². The van der Waals surface area contributed by atoms with Gasteiger partial charge in [-0.3, -0.25) is 0 Å². The van der Waals surface area contributed by atoms with E-state index in [0.29, 0.717) is 24.4 Å². The number of nitrogens with two attached hydrogens (primary N) is 1. The molecule has 0 aromatic carbocycles. The first-order valence-electron chi connectivity index (χ1n) is 8.04. The lowest BCUT2D eigenvalue weighted by molar-refractivity contribution is -0.0724. The van der Waals surface area contributed by atoms with Crippen molar-refractivity contribution in [2.75, 3.05) is 0 Å². The molecule has 0 amide bonds. The van der Waals surface area contributed by atoms with Crippen molar-refractivity contribution < 1.29 is 9.47 Å². The third-order valence-electron chi connectivity index (χ3n) is 5.70. The van der Waals surface area contributed by atoms with Crippen LogP contribution in [0, 0.1) is 11.8 Å². The lowest BCUT2D eigenvalue weighted by atomic mass is 9.68. The summed E-state index contributed by atoms with van der Waals surface area (Å²) in [6.07, 6.45) is 14.4. The number of fused-ring (bicyclic) bond motifs is 3. The van der Waals surface area contributed by atoms with Crippen LogP contribution in [0.25, 0.3) is 0 Å². The topological polar surface area (TPSA) is 44.5 Å². The minimum Gasteiger partial charge on any atom is -0.372 e. The van der Waals surface area contributed by atoms with E-state index in [0.717, 1.165) is 18.3 Å². The molecule has 2 aliphatic carbocycles. The maximum atomic E-state index is 6.35. The standard InChI is InChI=1S/C16H25NO2/c17-14-3-1-2-10-8-11(4-6-13(10)14)19-16-9-12-5-7-15(16)18-12/h5,7,10-16H,1-4,6,8-9,17H2. The highest BCUT2D eigenvalue weighted by molar-refractivity contribution is 5.12. The van der Waals surface area contributed by atoms with Crippen molar-refractivity contribution in [3.8, 4) is 0 Å². The van der Waals surface area contributed by atoms with E-state index in [2.05, 4.69) is 12.2 Å². The number of hydrogen-bond acceptors (Lipinski definition) is 3. The molecule has 0 radical (unpaired) electrons. The smallest absolute Gasteiger partial charge is 0.103 e. The van der Waals surface area contributed by atoms with Crippen LogP contribution in [-0.2, 0) is 9.47 Å². The first-order chi connectivity index (χ1) is 9.29. The van der Waals surface area contributed by atoms with Crippen LogP contribution in [0.15, 0.2) is 12.2 Å². The molecule has 0 spiro atoms. The van der Waals surface area contributed by atoms with Gasteiger partial charge in [0.1, 0.15) is 6.10 Å². The summed E-state index contributed by atoms with van der Waals surface area (Å²) in [6, 6.07) is 0.452. The molecule has 2 bridgehead atoms. The molecule has 106 valence electrons. The summed E-state index contributed by atoms with van der Waals surface area (Å²) >= 11 is 0. The zero-order chi connectivity index (χ0) is 12.8. The molecule has 0 aromatic heterocycles. The highest BCUT2D eigenvalue weighted by Gasteiger charge is 2.41. The number of rotatable bonds is 2. The second-order valence-corrected chi connectivity index (χ2v) is 6.89. The Morgan fingerprint density at radius 1 is 1.05 bits per heavy atom. The Labute approximate surface area is 115 Å². The zero-order valence-corrected chi connectivity index (χ0v) is 11.5. The van der Waals surface area contributed by atoms with Gasteiger partial charge in [-0.05, 0) is 43.9 Å². The third kappa shape index (κ3) is 2.26. The summed E-state index contributed by atoms with van der Waals surface area (Å²) < 4.78 is 12.1. The van der Waals surface area contributed by atoms with E-state index in [4.69, 9.17) is 15.2 Å². The van der Waals surface area contributed by atoms with Gasteiger partial charge in [0.2, 0.25) is 0 Å². The minimum atomic E-state index is 0.233. The fourth-order valence-corrected chi connectivity index (χ4v) is 4.71. The fraction of sp³-hybridized carbons (Fsp3) is 0.875. The maximum Gasteiger partial charge on any atom is 0.103 e. The molecule has 2 aliphatic heterocycles. The molecule has 4 rings (SSSR count). The van der Waals surface area contributed by atoms with E-state index in [9.17, 15) is 0 Å². The fourth-order valence-electron chi connectivity index (χ4n) is 4.71. The van der Waals surface area contributed by atoms with Crippen LogP contribution < -0.4 is 5.73 Å². The van der Waals surface area contributed by atoms with Gasteiger partial charge in [0.05, 0.1) is 18.3 Å². The Morgan fingerprint density at radius 2 is 2.00 bits per heavy atom. The molecule has 3 heteroatoms. The van der Waals surface area contributed by atoms with Crippen LogP contribution >= 0.6 is 0 Å². The van der Waals surface area contributed by atoms with Crippen molar-refractivity contribution in [2.24, 2.45) is 17.6 Å². The Bertz CT molecular complexity index is 370.